The highest BCUT2D eigenvalue weighted by atomic mass is 16.5. The topological polar surface area (TPSA) is 74.2 Å². The maximum Gasteiger partial charge on any atom is 0.230 e. The summed E-state index contributed by atoms with van der Waals surface area (Å²) < 4.78 is 10.3. The van der Waals surface area contributed by atoms with Crippen molar-refractivity contribution in [1.29, 1.82) is 0 Å². The van der Waals surface area contributed by atoms with Crippen molar-refractivity contribution >= 4 is 0 Å². The molecule has 1 heterocycles. The fourth-order valence-electron chi connectivity index (χ4n) is 2.58. The van der Waals surface area contributed by atoms with Gasteiger partial charge in [-0.05, 0) is 18.3 Å². The number of ether oxygens (including phenoxy) is 1. The van der Waals surface area contributed by atoms with E-state index in [-0.39, 0.29) is 11.5 Å². The van der Waals surface area contributed by atoms with E-state index in [1.54, 1.807) is 7.11 Å². The van der Waals surface area contributed by atoms with Gasteiger partial charge in [-0.15, -0.1) is 0 Å². The van der Waals surface area contributed by atoms with Crippen molar-refractivity contribution in [2.24, 2.45) is 11.1 Å². The summed E-state index contributed by atoms with van der Waals surface area (Å²) in [4.78, 5) is 4.42. The summed E-state index contributed by atoms with van der Waals surface area (Å²) in [5.74, 6) is 1.64. The molecule has 0 aromatic carbocycles. The fraction of sp³-hybridized carbons (Fsp3) is 0.833. The van der Waals surface area contributed by atoms with Crippen LogP contribution >= 0.6 is 0 Å². The largest absolute Gasteiger partial charge is 0.383 e. The summed E-state index contributed by atoms with van der Waals surface area (Å²) >= 11 is 0. The monoisotopic (exact) mass is 239 g/mol. The highest BCUT2D eigenvalue weighted by Gasteiger charge is 2.39. The third-order valence-electron chi connectivity index (χ3n) is 3.69. The Morgan fingerprint density at radius 3 is 2.94 bits per heavy atom. The summed E-state index contributed by atoms with van der Waals surface area (Å²) in [6.45, 7) is 4.92. The molecule has 1 aromatic rings. The van der Waals surface area contributed by atoms with E-state index < -0.39 is 0 Å². The van der Waals surface area contributed by atoms with E-state index in [0.717, 1.165) is 12.3 Å². The minimum absolute atomic E-state index is 0.245. The molecular weight excluding hydrogens is 218 g/mol. The summed E-state index contributed by atoms with van der Waals surface area (Å²) in [6, 6.07) is -0.304. The van der Waals surface area contributed by atoms with E-state index in [1.807, 2.05) is 0 Å². The molecule has 2 N–H and O–H groups in total. The second kappa shape index (κ2) is 4.74. The van der Waals surface area contributed by atoms with Crippen LogP contribution in [0.15, 0.2) is 4.52 Å². The molecule has 0 spiro atoms. The van der Waals surface area contributed by atoms with Crippen LogP contribution in [0.25, 0.3) is 0 Å². The summed E-state index contributed by atoms with van der Waals surface area (Å²) in [5, 5.41) is 3.95. The van der Waals surface area contributed by atoms with Crippen molar-refractivity contribution in [2.45, 2.75) is 45.1 Å². The molecular formula is C12H21N3O2. The third-order valence-corrected chi connectivity index (χ3v) is 3.69. The van der Waals surface area contributed by atoms with E-state index in [4.69, 9.17) is 15.0 Å². The minimum Gasteiger partial charge on any atom is -0.383 e. The van der Waals surface area contributed by atoms with Gasteiger partial charge < -0.3 is 15.0 Å². The SMILES string of the molecule is COCC(N)c1noc(C2CCCC2(C)C)n1. The van der Waals surface area contributed by atoms with Crippen molar-refractivity contribution in [1.82, 2.24) is 10.1 Å². The number of nitrogens with zero attached hydrogens (tertiary/aromatic N) is 2. The maximum absolute atomic E-state index is 5.88. The molecule has 0 aliphatic heterocycles. The predicted octanol–water partition coefficient (Wildman–Crippen LogP) is 2.01. The number of rotatable bonds is 4. The van der Waals surface area contributed by atoms with Crippen molar-refractivity contribution in [3.63, 3.8) is 0 Å². The Hall–Kier alpha value is -0.940. The molecule has 96 valence electrons. The molecule has 0 radical (unpaired) electrons. The van der Waals surface area contributed by atoms with Gasteiger partial charge in [0.1, 0.15) is 0 Å². The third kappa shape index (κ3) is 2.50. The quantitative estimate of drug-likeness (QED) is 0.870. The molecule has 1 aromatic heterocycles. The highest BCUT2D eigenvalue weighted by Crippen LogP contribution is 2.48. The molecule has 5 heteroatoms. The highest BCUT2D eigenvalue weighted by molar-refractivity contribution is 5.05. The number of methoxy groups -OCH3 is 1. The molecule has 1 aliphatic carbocycles. The van der Waals surface area contributed by atoms with E-state index in [2.05, 4.69) is 24.0 Å². The lowest BCUT2D eigenvalue weighted by Crippen LogP contribution is -2.18. The molecule has 1 saturated carbocycles. The van der Waals surface area contributed by atoms with Gasteiger partial charge in [-0.25, -0.2) is 0 Å². The second-order valence-corrected chi connectivity index (χ2v) is 5.49. The Balaban J connectivity index is 2.13. The molecule has 1 fully saturated rings. The van der Waals surface area contributed by atoms with Gasteiger partial charge in [0.2, 0.25) is 5.89 Å². The van der Waals surface area contributed by atoms with Gasteiger partial charge >= 0.3 is 0 Å². The van der Waals surface area contributed by atoms with E-state index in [9.17, 15) is 0 Å². The molecule has 2 unspecified atom stereocenters. The van der Waals surface area contributed by atoms with Gasteiger partial charge in [-0.2, -0.15) is 4.98 Å². The molecule has 0 saturated heterocycles. The van der Waals surface area contributed by atoms with Gasteiger partial charge in [0.15, 0.2) is 5.82 Å². The van der Waals surface area contributed by atoms with Crippen LogP contribution in [0.3, 0.4) is 0 Å². The molecule has 1 aliphatic rings. The number of hydrogen-bond donors (Lipinski definition) is 1. The Labute approximate surface area is 102 Å². The zero-order valence-corrected chi connectivity index (χ0v) is 10.8. The second-order valence-electron chi connectivity index (χ2n) is 5.49. The normalized spacial score (nSPS) is 25.1. The van der Waals surface area contributed by atoms with Crippen LogP contribution in [-0.2, 0) is 4.74 Å². The molecule has 0 amide bonds. The Morgan fingerprint density at radius 1 is 1.59 bits per heavy atom. The molecule has 2 rings (SSSR count). The van der Waals surface area contributed by atoms with Crippen LogP contribution in [0.2, 0.25) is 0 Å². The number of hydrogen-bond acceptors (Lipinski definition) is 5. The first-order chi connectivity index (χ1) is 8.04. The average molecular weight is 239 g/mol. The van der Waals surface area contributed by atoms with Crippen LogP contribution in [0.5, 0.6) is 0 Å². The average Bonchev–Trinajstić information content (AvgIpc) is 2.84. The van der Waals surface area contributed by atoms with Crippen molar-refractivity contribution < 1.29 is 9.26 Å². The zero-order valence-electron chi connectivity index (χ0n) is 10.8. The zero-order chi connectivity index (χ0) is 12.5. The van der Waals surface area contributed by atoms with Crippen molar-refractivity contribution in [3.8, 4) is 0 Å². The first-order valence-electron chi connectivity index (χ1n) is 6.12. The van der Waals surface area contributed by atoms with Gasteiger partial charge in [0.25, 0.3) is 0 Å². The van der Waals surface area contributed by atoms with Crippen molar-refractivity contribution in [2.75, 3.05) is 13.7 Å². The Kier molecular flexibility index (Phi) is 3.49. The van der Waals surface area contributed by atoms with Crippen LogP contribution in [-0.4, -0.2) is 23.9 Å². The Morgan fingerprint density at radius 2 is 2.35 bits per heavy atom. The molecule has 2 atom stereocenters. The van der Waals surface area contributed by atoms with Crippen LogP contribution in [0, 0.1) is 5.41 Å². The van der Waals surface area contributed by atoms with Crippen molar-refractivity contribution in [3.05, 3.63) is 11.7 Å². The molecule has 5 nitrogen and oxygen atoms in total. The van der Waals surface area contributed by atoms with Gasteiger partial charge in [0.05, 0.1) is 12.6 Å². The lowest BCUT2D eigenvalue weighted by molar-refractivity contribution is 0.176. The predicted molar refractivity (Wildman–Crippen MR) is 63.5 cm³/mol. The van der Waals surface area contributed by atoms with Crippen LogP contribution in [0.4, 0.5) is 0 Å². The van der Waals surface area contributed by atoms with Gasteiger partial charge in [-0.3, -0.25) is 0 Å². The molecule has 17 heavy (non-hydrogen) atoms. The van der Waals surface area contributed by atoms with Crippen LogP contribution < -0.4 is 5.73 Å². The standard InChI is InChI=1S/C12H21N3O2/c1-12(2)6-4-5-8(12)11-14-10(15-17-11)9(13)7-16-3/h8-9H,4-7,13H2,1-3H3. The van der Waals surface area contributed by atoms with E-state index in [0.29, 0.717) is 18.3 Å². The van der Waals surface area contributed by atoms with Gasteiger partial charge in [0, 0.05) is 13.0 Å². The smallest absolute Gasteiger partial charge is 0.230 e. The molecule has 0 bridgehead atoms. The lowest BCUT2D eigenvalue weighted by atomic mass is 9.82. The first-order valence-corrected chi connectivity index (χ1v) is 6.12. The van der Waals surface area contributed by atoms with E-state index in [1.165, 1.54) is 12.8 Å². The van der Waals surface area contributed by atoms with Crippen LogP contribution in [0.1, 0.15) is 56.8 Å². The van der Waals surface area contributed by atoms with Gasteiger partial charge in [-0.1, -0.05) is 25.4 Å². The number of nitrogens with two attached hydrogens (primary N) is 1. The summed E-state index contributed by atoms with van der Waals surface area (Å²) in [7, 11) is 1.61. The lowest BCUT2D eigenvalue weighted by Gasteiger charge is -2.23. The van der Waals surface area contributed by atoms with E-state index >= 15 is 0 Å². The summed E-state index contributed by atoms with van der Waals surface area (Å²) in [5.41, 5.74) is 6.12. The minimum atomic E-state index is -0.304. The number of aromatic nitrogens is 2. The Bertz CT molecular complexity index is 376. The maximum atomic E-state index is 5.88. The fourth-order valence-corrected chi connectivity index (χ4v) is 2.58. The first kappa shape index (κ1) is 12.5. The summed E-state index contributed by atoms with van der Waals surface area (Å²) in [6.07, 6.45) is 3.55.